The molecule has 1 atom stereocenters. The summed E-state index contributed by atoms with van der Waals surface area (Å²) in [5.74, 6) is 0.277. The molecule has 36 heavy (non-hydrogen) atoms. The van der Waals surface area contributed by atoms with Crippen LogP contribution in [0.5, 0.6) is 0 Å². The van der Waals surface area contributed by atoms with Crippen LogP contribution in [-0.4, -0.2) is 42.4 Å². The quantitative estimate of drug-likeness (QED) is 0.390. The summed E-state index contributed by atoms with van der Waals surface area (Å²) in [4.78, 5) is 32.5. The number of para-hydroxylation sites is 2. The molecule has 0 saturated heterocycles. The van der Waals surface area contributed by atoms with E-state index in [1.807, 2.05) is 72.2 Å². The van der Waals surface area contributed by atoms with Crippen molar-refractivity contribution in [1.82, 2.24) is 19.7 Å². The van der Waals surface area contributed by atoms with E-state index in [0.717, 1.165) is 11.1 Å². The van der Waals surface area contributed by atoms with Crippen molar-refractivity contribution in [2.45, 2.75) is 43.3 Å². The molecule has 0 bridgehead atoms. The fourth-order valence-electron chi connectivity index (χ4n) is 4.23. The zero-order valence-corrected chi connectivity index (χ0v) is 21.1. The number of nitrogens with one attached hydrogen (secondary N) is 1. The third kappa shape index (κ3) is 4.37. The Morgan fingerprint density at radius 2 is 1.78 bits per heavy atom. The highest BCUT2D eigenvalue weighted by Gasteiger charge is 2.45. The maximum Gasteiger partial charge on any atom is 0.250 e. The maximum absolute atomic E-state index is 13.8. The van der Waals surface area contributed by atoms with Crippen molar-refractivity contribution in [3.05, 3.63) is 84.7 Å². The molecule has 0 spiro atoms. The average molecular weight is 499 g/mol. The van der Waals surface area contributed by atoms with Crippen LogP contribution in [0.1, 0.15) is 26.3 Å². The monoisotopic (exact) mass is 498 g/mol. The van der Waals surface area contributed by atoms with Gasteiger partial charge < -0.3 is 5.32 Å². The fourth-order valence-corrected chi connectivity index (χ4v) is 5.12. The number of rotatable bonds is 6. The standard InChI is InChI=1S/C27H26N6O2S/c1-18(24(34)33-22-14-8-7-13-21(22)29-25(35)27(33,2)3)36-26-31-30-23(20-12-9-15-28-16-20)32(26)17-19-10-5-4-6-11-19/h4-16,18H,17H2,1-3H3,(H,29,35)/t18-/m1/s1. The number of fused-ring (bicyclic) bond motifs is 1. The van der Waals surface area contributed by atoms with Crippen molar-refractivity contribution in [1.29, 1.82) is 0 Å². The van der Waals surface area contributed by atoms with E-state index in [9.17, 15) is 9.59 Å². The fraction of sp³-hybridized carbons (Fsp3) is 0.222. The Bertz CT molecular complexity index is 1400. The summed E-state index contributed by atoms with van der Waals surface area (Å²) in [5.41, 5.74) is 2.19. The first-order chi connectivity index (χ1) is 17.4. The van der Waals surface area contributed by atoms with Crippen molar-refractivity contribution < 1.29 is 9.59 Å². The van der Waals surface area contributed by atoms with Gasteiger partial charge in [-0.2, -0.15) is 0 Å². The molecule has 0 aliphatic carbocycles. The molecule has 1 aliphatic heterocycles. The van der Waals surface area contributed by atoms with E-state index in [0.29, 0.717) is 28.9 Å². The van der Waals surface area contributed by atoms with Crippen molar-refractivity contribution >= 4 is 35.0 Å². The Kier molecular flexibility index (Phi) is 6.32. The molecule has 8 nitrogen and oxygen atoms in total. The Labute approximate surface area is 213 Å². The molecule has 2 aromatic carbocycles. The van der Waals surface area contributed by atoms with Gasteiger partial charge in [0.15, 0.2) is 11.0 Å². The van der Waals surface area contributed by atoms with Gasteiger partial charge >= 0.3 is 0 Å². The first-order valence-corrected chi connectivity index (χ1v) is 12.5. The number of hydrogen-bond acceptors (Lipinski definition) is 6. The molecule has 0 fully saturated rings. The molecule has 1 N–H and O–H groups in total. The highest BCUT2D eigenvalue weighted by Crippen LogP contribution is 2.39. The highest BCUT2D eigenvalue weighted by molar-refractivity contribution is 8.00. The lowest BCUT2D eigenvalue weighted by Crippen LogP contribution is -2.60. The van der Waals surface area contributed by atoms with Crippen LogP contribution in [0.3, 0.4) is 0 Å². The van der Waals surface area contributed by atoms with E-state index in [1.54, 1.807) is 37.2 Å². The van der Waals surface area contributed by atoms with Crippen LogP contribution in [-0.2, 0) is 16.1 Å². The lowest BCUT2D eigenvalue weighted by atomic mass is 9.96. The van der Waals surface area contributed by atoms with E-state index in [-0.39, 0.29) is 11.8 Å². The second-order valence-electron chi connectivity index (χ2n) is 9.08. The lowest BCUT2D eigenvalue weighted by molar-refractivity contribution is -0.126. The molecule has 1 aliphatic rings. The van der Waals surface area contributed by atoms with Gasteiger partial charge in [-0.3, -0.25) is 24.0 Å². The lowest BCUT2D eigenvalue weighted by Gasteiger charge is -2.43. The second-order valence-corrected chi connectivity index (χ2v) is 10.4. The molecule has 2 amide bonds. The average Bonchev–Trinajstić information content (AvgIpc) is 3.27. The van der Waals surface area contributed by atoms with Crippen LogP contribution in [0, 0.1) is 0 Å². The predicted octanol–water partition coefficient (Wildman–Crippen LogP) is 4.63. The number of hydrogen-bond donors (Lipinski definition) is 1. The number of nitrogens with zero attached hydrogens (tertiary/aromatic N) is 5. The van der Waals surface area contributed by atoms with E-state index >= 15 is 0 Å². The minimum absolute atomic E-state index is 0.176. The van der Waals surface area contributed by atoms with Gasteiger partial charge in [0.25, 0.3) is 0 Å². The number of pyridine rings is 1. The topological polar surface area (TPSA) is 93.0 Å². The minimum Gasteiger partial charge on any atom is -0.322 e. The molecule has 3 heterocycles. The Morgan fingerprint density at radius 3 is 2.53 bits per heavy atom. The summed E-state index contributed by atoms with van der Waals surface area (Å²) in [5, 5.41) is 11.9. The largest absolute Gasteiger partial charge is 0.322 e. The third-order valence-electron chi connectivity index (χ3n) is 6.18. The summed E-state index contributed by atoms with van der Waals surface area (Å²) in [7, 11) is 0. The highest BCUT2D eigenvalue weighted by atomic mass is 32.2. The summed E-state index contributed by atoms with van der Waals surface area (Å²) in [6.07, 6.45) is 3.46. The molecule has 5 rings (SSSR count). The van der Waals surface area contributed by atoms with Crippen molar-refractivity contribution in [2.24, 2.45) is 0 Å². The van der Waals surface area contributed by atoms with Gasteiger partial charge in [0.05, 0.1) is 23.2 Å². The molecule has 0 unspecified atom stereocenters. The molecule has 4 aromatic rings. The van der Waals surface area contributed by atoms with Crippen LogP contribution >= 0.6 is 11.8 Å². The van der Waals surface area contributed by atoms with Gasteiger partial charge in [-0.05, 0) is 50.6 Å². The summed E-state index contributed by atoms with van der Waals surface area (Å²) in [6, 6.07) is 21.2. The number of carbonyl (C=O) groups is 2. The van der Waals surface area contributed by atoms with Crippen LogP contribution in [0.25, 0.3) is 11.4 Å². The van der Waals surface area contributed by atoms with Gasteiger partial charge in [-0.25, -0.2) is 0 Å². The second kappa shape index (κ2) is 9.58. The van der Waals surface area contributed by atoms with Gasteiger partial charge in [0.1, 0.15) is 5.54 Å². The van der Waals surface area contributed by atoms with Gasteiger partial charge in [0.2, 0.25) is 11.8 Å². The van der Waals surface area contributed by atoms with E-state index in [2.05, 4.69) is 20.5 Å². The number of carbonyl (C=O) groups excluding carboxylic acids is 2. The molecule has 2 aromatic heterocycles. The Morgan fingerprint density at radius 1 is 1.03 bits per heavy atom. The van der Waals surface area contributed by atoms with Crippen LogP contribution in [0.2, 0.25) is 0 Å². The molecule has 182 valence electrons. The molecule has 0 radical (unpaired) electrons. The van der Waals surface area contributed by atoms with Gasteiger partial charge in [-0.15, -0.1) is 10.2 Å². The zero-order valence-electron chi connectivity index (χ0n) is 20.3. The van der Waals surface area contributed by atoms with E-state index in [4.69, 9.17) is 0 Å². The Hall–Kier alpha value is -3.98. The number of thioether (sulfide) groups is 1. The van der Waals surface area contributed by atoms with E-state index < -0.39 is 10.8 Å². The van der Waals surface area contributed by atoms with Crippen molar-refractivity contribution in [3.8, 4) is 11.4 Å². The van der Waals surface area contributed by atoms with Crippen LogP contribution in [0.4, 0.5) is 11.4 Å². The first-order valence-electron chi connectivity index (χ1n) is 11.6. The minimum atomic E-state index is -1.04. The van der Waals surface area contributed by atoms with E-state index in [1.165, 1.54) is 11.8 Å². The van der Waals surface area contributed by atoms with Gasteiger partial charge in [0, 0.05) is 18.0 Å². The SMILES string of the molecule is C[C@@H](Sc1nnc(-c2cccnc2)n1Cc1ccccc1)C(=O)N1c2ccccc2NC(=O)C1(C)C. The molecule has 9 heteroatoms. The summed E-state index contributed by atoms with van der Waals surface area (Å²) >= 11 is 1.33. The van der Waals surface area contributed by atoms with Gasteiger partial charge in [-0.1, -0.05) is 54.2 Å². The zero-order chi connectivity index (χ0) is 25.3. The van der Waals surface area contributed by atoms with Crippen LogP contribution in [0.15, 0.2) is 84.3 Å². The van der Waals surface area contributed by atoms with Crippen molar-refractivity contribution in [2.75, 3.05) is 10.2 Å². The van der Waals surface area contributed by atoms with Crippen molar-refractivity contribution in [3.63, 3.8) is 0 Å². The molecular formula is C27H26N6O2S. The number of anilines is 2. The summed E-state index contributed by atoms with van der Waals surface area (Å²) in [6.45, 7) is 5.89. The first kappa shape index (κ1) is 23.7. The molecular weight excluding hydrogens is 472 g/mol. The normalized spacial score (nSPS) is 15.2. The number of aromatic nitrogens is 4. The number of benzene rings is 2. The van der Waals surface area contributed by atoms with Crippen LogP contribution < -0.4 is 10.2 Å². The Balaban J connectivity index is 1.48. The molecule has 0 saturated carbocycles. The summed E-state index contributed by atoms with van der Waals surface area (Å²) < 4.78 is 2.00. The predicted molar refractivity (Wildman–Crippen MR) is 141 cm³/mol. The number of amides is 2. The maximum atomic E-state index is 13.8. The third-order valence-corrected chi connectivity index (χ3v) is 7.25. The smallest absolute Gasteiger partial charge is 0.250 e.